The molecular weight excluding hydrogens is 332 g/mol. The van der Waals surface area contributed by atoms with Crippen LogP contribution in [-0.2, 0) is 6.18 Å². The second kappa shape index (κ2) is 4.31. The Kier molecular flexibility index (Phi) is 3.82. The van der Waals surface area contributed by atoms with Gasteiger partial charge in [-0.1, -0.05) is 8.93 Å². The lowest BCUT2D eigenvalue weighted by Gasteiger charge is -2.09. The standard InChI is InChI=1S/C7H4F3IS2/c8-7(9,10)5-3-4(13-11)1-2-6(5)12/h1-3,12H. The van der Waals surface area contributed by atoms with E-state index in [-0.39, 0.29) is 4.90 Å². The maximum atomic E-state index is 12.3. The predicted octanol–water partition coefficient (Wildman–Crippen LogP) is 4.44. The van der Waals surface area contributed by atoms with Gasteiger partial charge in [0.2, 0.25) is 0 Å². The zero-order valence-electron chi connectivity index (χ0n) is 6.10. The Morgan fingerprint density at radius 2 is 1.92 bits per heavy atom. The molecule has 13 heavy (non-hydrogen) atoms. The number of halogens is 4. The summed E-state index contributed by atoms with van der Waals surface area (Å²) in [6.07, 6.45) is -4.32. The highest BCUT2D eigenvalue weighted by molar-refractivity contribution is 14.2. The van der Waals surface area contributed by atoms with E-state index in [1.54, 1.807) is 6.07 Å². The van der Waals surface area contributed by atoms with E-state index in [9.17, 15) is 13.2 Å². The first-order valence-corrected chi connectivity index (χ1v) is 6.94. The van der Waals surface area contributed by atoms with Crippen molar-refractivity contribution in [3.63, 3.8) is 0 Å². The first kappa shape index (κ1) is 11.5. The van der Waals surface area contributed by atoms with Gasteiger partial charge in [0.25, 0.3) is 0 Å². The first-order valence-electron chi connectivity index (χ1n) is 3.14. The molecule has 0 fully saturated rings. The number of rotatable bonds is 1. The summed E-state index contributed by atoms with van der Waals surface area (Å²) in [4.78, 5) is 0.535. The van der Waals surface area contributed by atoms with Gasteiger partial charge in [-0.25, -0.2) is 0 Å². The second-order valence-electron chi connectivity index (χ2n) is 2.25. The molecule has 72 valence electrons. The van der Waals surface area contributed by atoms with Crippen molar-refractivity contribution in [3.8, 4) is 0 Å². The van der Waals surface area contributed by atoms with E-state index in [1.807, 2.05) is 21.2 Å². The van der Waals surface area contributed by atoms with Crippen molar-refractivity contribution in [3.05, 3.63) is 23.8 Å². The van der Waals surface area contributed by atoms with Gasteiger partial charge in [-0.05, 0) is 18.2 Å². The van der Waals surface area contributed by atoms with Crippen LogP contribution < -0.4 is 0 Å². The third kappa shape index (κ3) is 2.95. The summed E-state index contributed by atoms with van der Waals surface area (Å²) in [7, 11) is 1.24. The predicted molar refractivity (Wildman–Crippen MR) is 58.6 cm³/mol. The summed E-state index contributed by atoms with van der Waals surface area (Å²) in [6.45, 7) is 0. The molecule has 0 radical (unpaired) electrons. The highest BCUT2D eigenvalue weighted by Gasteiger charge is 2.32. The van der Waals surface area contributed by atoms with E-state index in [2.05, 4.69) is 12.6 Å². The van der Waals surface area contributed by atoms with Crippen LogP contribution in [0.1, 0.15) is 5.56 Å². The van der Waals surface area contributed by atoms with Gasteiger partial charge >= 0.3 is 6.18 Å². The number of benzene rings is 1. The van der Waals surface area contributed by atoms with Crippen LogP contribution in [0, 0.1) is 0 Å². The molecule has 0 saturated carbocycles. The van der Waals surface area contributed by atoms with Gasteiger partial charge < -0.3 is 0 Å². The van der Waals surface area contributed by atoms with E-state index in [4.69, 9.17) is 0 Å². The molecule has 0 atom stereocenters. The lowest BCUT2D eigenvalue weighted by atomic mass is 10.2. The lowest BCUT2D eigenvalue weighted by Crippen LogP contribution is -2.05. The first-order chi connectivity index (χ1) is 5.95. The molecule has 0 unspecified atom stereocenters. The van der Waals surface area contributed by atoms with Crippen LogP contribution in [0.3, 0.4) is 0 Å². The van der Waals surface area contributed by atoms with Crippen molar-refractivity contribution < 1.29 is 13.2 Å². The average molecular weight is 336 g/mol. The highest BCUT2D eigenvalue weighted by Crippen LogP contribution is 2.37. The summed E-state index contributed by atoms with van der Waals surface area (Å²) in [5.74, 6) is 0. The van der Waals surface area contributed by atoms with Crippen LogP contribution >= 0.6 is 42.8 Å². The van der Waals surface area contributed by atoms with Gasteiger partial charge in [0, 0.05) is 31.0 Å². The summed E-state index contributed by atoms with van der Waals surface area (Å²) < 4.78 is 36.9. The largest absolute Gasteiger partial charge is 0.417 e. The third-order valence-electron chi connectivity index (χ3n) is 1.36. The van der Waals surface area contributed by atoms with Crippen LogP contribution in [0.5, 0.6) is 0 Å². The average Bonchev–Trinajstić information content (AvgIpc) is 2.03. The molecule has 6 heteroatoms. The van der Waals surface area contributed by atoms with Gasteiger partial charge in [-0.2, -0.15) is 13.2 Å². The number of hydrogen-bond donors (Lipinski definition) is 1. The summed E-state index contributed by atoms with van der Waals surface area (Å²) in [6, 6.07) is 4.06. The minimum Gasteiger partial charge on any atom is -0.166 e. The Hall–Kier alpha value is 0.440. The maximum absolute atomic E-state index is 12.3. The molecule has 0 saturated heterocycles. The van der Waals surface area contributed by atoms with Crippen LogP contribution in [0.25, 0.3) is 0 Å². The molecule has 0 amide bonds. The number of hydrogen-bond acceptors (Lipinski definition) is 2. The zero-order chi connectivity index (χ0) is 10.1. The SMILES string of the molecule is FC(F)(F)c1cc(SI)ccc1S. The Balaban J connectivity index is 3.19. The molecule has 1 aromatic carbocycles. The van der Waals surface area contributed by atoms with Crippen molar-refractivity contribution in [2.24, 2.45) is 0 Å². The summed E-state index contributed by atoms with van der Waals surface area (Å²) >= 11 is 5.68. The van der Waals surface area contributed by atoms with Gasteiger partial charge in [0.05, 0.1) is 5.56 Å². The van der Waals surface area contributed by atoms with Crippen LogP contribution in [0.4, 0.5) is 13.2 Å². The highest BCUT2D eigenvalue weighted by atomic mass is 127. The maximum Gasteiger partial charge on any atom is 0.417 e. The molecular formula is C7H4F3IS2. The Morgan fingerprint density at radius 3 is 2.38 bits per heavy atom. The molecule has 0 heterocycles. The fraction of sp³-hybridized carbons (Fsp3) is 0.143. The smallest absolute Gasteiger partial charge is 0.166 e. The fourth-order valence-corrected chi connectivity index (χ4v) is 2.16. The second-order valence-corrected chi connectivity index (χ2v) is 4.68. The van der Waals surface area contributed by atoms with Gasteiger partial charge in [-0.3, -0.25) is 0 Å². The minimum absolute atomic E-state index is 0.0401. The quantitative estimate of drug-likeness (QED) is 0.585. The molecule has 0 aliphatic heterocycles. The molecule has 0 N–H and O–H groups in total. The van der Waals surface area contributed by atoms with E-state index >= 15 is 0 Å². The van der Waals surface area contributed by atoms with Crippen molar-refractivity contribution >= 4 is 42.8 Å². The van der Waals surface area contributed by atoms with Gasteiger partial charge in [-0.15, -0.1) is 12.6 Å². The third-order valence-corrected chi connectivity index (χ3v) is 3.71. The zero-order valence-corrected chi connectivity index (χ0v) is 9.97. The Morgan fingerprint density at radius 1 is 1.31 bits per heavy atom. The Labute approximate surface area is 95.3 Å². The molecule has 0 aliphatic rings. The summed E-state index contributed by atoms with van der Waals surface area (Å²) in [5.41, 5.74) is -0.683. The molecule has 0 aliphatic carbocycles. The van der Waals surface area contributed by atoms with Crippen molar-refractivity contribution in [2.75, 3.05) is 0 Å². The van der Waals surface area contributed by atoms with E-state index in [0.717, 1.165) is 6.07 Å². The molecule has 0 nitrogen and oxygen atoms in total. The van der Waals surface area contributed by atoms with E-state index < -0.39 is 11.7 Å². The molecule has 0 aromatic heterocycles. The molecule has 0 bridgehead atoms. The van der Waals surface area contributed by atoms with Crippen molar-refractivity contribution in [2.45, 2.75) is 16.0 Å². The number of thiol groups is 1. The molecule has 0 spiro atoms. The van der Waals surface area contributed by atoms with Crippen molar-refractivity contribution in [1.82, 2.24) is 0 Å². The van der Waals surface area contributed by atoms with Crippen molar-refractivity contribution in [1.29, 1.82) is 0 Å². The van der Waals surface area contributed by atoms with Gasteiger partial charge in [0.15, 0.2) is 0 Å². The Bertz CT molecular complexity index is 311. The van der Waals surface area contributed by atoms with Crippen LogP contribution in [0.15, 0.2) is 28.0 Å². The monoisotopic (exact) mass is 336 g/mol. The van der Waals surface area contributed by atoms with E-state index in [0.29, 0.717) is 4.90 Å². The van der Waals surface area contributed by atoms with Crippen LogP contribution in [-0.4, -0.2) is 0 Å². The summed E-state index contributed by atoms with van der Waals surface area (Å²) in [5, 5.41) is 0. The number of alkyl halides is 3. The lowest BCUT2D eigenvalue weighted by molar-refractivity contribution is -0.139. The van der Waals surface area contributed by atoms with E-state index in [1.165, 1.54) is 15.0 Å². The normalized spacial score (nSPS) is 11.8. The minimum atomic E-state index is -4.32. The fourth-order valence-electron chi connectivity index (χ4n) is 0.790. The van der Waals surface area contributed by atoms with Crippen LogP contribution in [0.2, 0.25) is 0 Å². The van der Waals surface area contributed by atoms with Gasteiger partial charge in [0.1, 0.15) is 0 Å². The molecule has 1 aromatic rings. The topological polar surface area (TPSA) is 0 Å². The molecule has 1 rings (SSSR count).